The first-order valence-electron chi connectivity index (χ1n) is 5.55. The first-order chi connectivity index (χ1) is 6.56. The fourth-order valence-electron chi connectivity index (χ4n) is 3.23. The Morgan fingerprint density at radius 1 is 1.50 bits per heavy atom. The Morgan fingerprint density at radius 3 is 2.86 bits per heavy atom. The van der Waals surface area contributed by atoms with Crippen LogP contribution in [0.3, 0.4) is 0 Å². The van der Waals surface area contributed by atoms with Crippen LogP contribution in [0.15, 0.2) is 11.6 Å². The van der Waals surface area contributed by atoms with Gasteiger partial charge in [-0.1, -0.05) is 19.9 Å². The van der Waals surface area contributed by atoms with Crippen molar-refractivity contribution in [2.75, 3.05) is 6.61 Å². The summed E-state index contributed by atoms with van der Waals surface area (Å²) in [6.07, 6.45) is 4.92. The zero-order valence-corrected chi connectivity index (χ0v) is 9.03. The van der Waals surface area contributed by atoms with E-state index in [0.29, 0.717) is 11.8 Å². The fourth-order valence-corrected chi connectivity index (χ4v) is 3.23. The number of aliphatic hydroxyl groups excluding tert-OH is 2. The van der Waals surface area contributed by atoms with E-state index in [1.165, 1.54) is 5.57 Å². The van der Waals surface area contributed by atoms with Crippen molar-refractivity contribution in [1.82, 2.24) is 0 Å². The van der Waals surface area contributed by atoms with Gasteiger partial charge in [-0.2, -0.15) is 0 Å². The number of rotatable bonds is 1. The monoisotopic (exact) mass is 196 g/mol. The zero-order valence-electron chi connectivity index (χ0n) is 9.03. The molecule has 2 rings (SSSR count). The van der Waals surface area contributed by atoms with E-state index in [1.54, 1.807) is 0 Å². The SMILES string of the molecule is CC1CC(O)CC2CC(CO)=CC12C. The predicted molar refractivity (Wildman–Crippen MR) is 55.8 cm³/mol. The largest absolute Gasteiger partial charge is 0.393 e. The molecule has 0 aromatic heterocycles. The summed E-state index contributed by atoms with van der Waals surface area (Å²) in [4.78, 5) is 0. The summed E-state index contributed by atoms with van der Waals surface area (Å²) in [5.41, 5.74) is 1.38. The van der Waals surface area contributed by atoms with E-state index in [9.17, 15) is 5.11 Å². The highest BCUT2D eigenvalue weighted by atomic mass is 16.3. The first kappa shape index (κ1) is 10.2. The van der Waals surface area contributed by atoms with Crippen LogP contribution in [0.5, 0.6) is 0 Å². The molecule has 80 valence electrons. The van der Waals surface area contributed by atoms with Gasteiger partial charge >= 0.3 is 0 Å². The molecule has 0 saturated heterocycles. The molecule has 2 heteroatoms. The second kappa shape index (κ2) is 3.35. The lowest BCUT2D eigenvalue weighted by Gasteiger charge is -2.43. The number of fused-ring (bicyclic) bond motifs is 1. The molecule has 0 heterocycles. The fraction of sp³-hybridized carbons (Fsp3) is 0.833. The maximum Gasteiger partial charge on any atom is 0.0642 e. The van der Waals surface area contributed by atoms with Crippen molar-refractivity contribution in [3.05, 3.63) is 11.6 Å². The molecule has 2 aliphatic rings. The van der Waals surface area contributed by atoms with Crippen molar-refractivity contribution < 1.29 is 10.2 Å². The second-order valence-corrected chi connectivity index (χ2v) is 5.25. The van der Waals surface area contributed by atoms with E-state index in [0.717, 1.165) is 19.3 Å². The highest BCUT2D eigenvalue weighted by Gasteiger charge is 2.46. The van der Waals surface area contributed by atoms with Gasteiger partial charge in [-0.25, -0.2) is 0 Å². The van der Waals surface area contributed by atoms with E-state index in [4.69, 9.17) is 5.11 Å². The van der Waals surface area contributed by atoms with Crippen LogP contribution >= 0.6 is 0 Å². The highest BCUT2D eigenvalue weighted by Crippen LogP contribution is 2.53. The van der Waals surface area contributed by atoms with Gasteiger partial charge in [-0.15, -0.1) is 0 Å². The molecule has 0 bridgehead atoms. The van der Waals surface area contributed by atoms with Gasteiger partial charge in [-0.3, -0.25) is 0 Å². The second-order valence-electron chi connectivity index (χ2n) is 5.25. The summed E-state index contributed by atoms with van der Waals surface area (Å²) in [5, 5.41) is 18.9. The molecule has 2 N–H and O–H groups in total. The smallest absolute Gasteiger partial charge is 0.0642 e. The third kappa shape index (κ3) is 1.41. The summed E-state index contributed by atoms with van der Waals surface area (Å²) in [6.45, 7) is 4.68. The topological polar surface area (TPSA) is 40.5 Å². The van der Waals surface area contributed by atoms with Gasteiger partial charge in [0, 0.05) is 0 Å². The lowest BCUT2D eigenvalue weighted by Crippen LogP contribution is -2.38. The van der Waals surface area contributed by atoms with Crippen LogP contribution in [0.25, 0.3) is 0 Å². The lowest BCUT2D eigenvalue weighted by molar-refractivity contribution is 0.0104. The molecule has 0 aromatic carbocycles. The lowest BCUT2D eigenvalue weighted by atomic mass is 9.63. The van der Waals surface area contributed by atoms with Crippen molar-refractivity contribution in [3.63, 3.8) is 0 Å². The molecule has 0 radical (unpaired) electrons. The first-order valence-corrected chi connectivity index (χ1v) is 5.55. The van der Waals surface area contributed by atoms with Crippen LogP contribution in [0, 0.1) is 17.3 Å². The van der Waals surface area contributed by atoms with Crippen LogP contribution in [0.1, 0.15) is 33.1 Å². The Bertz CT molecular complexity index is 259. The minimum atomic E-state index is -0.130. The summed E-state index contributed by atoms with van der Waals surface area (Å²) in [5.74, 6) is 1.07. The van der Waals surface area contributed by atoms with Gasteiger partial charge < -0.3 is 10.2 Å². The summed E-state index contributed by atoms with van der Waals surface area (Å²) >= 11 is 0. The average Bonchev–Trinajstić information content (AvgIpc) is 2.44. The number of aliphatic hydroxyl groups is 2. The van der Waals surface area contributed by atoms with Crippen molar-refractivity contribution >= 4 is 0 Å². The molecule has 2 nitrogen and oxygen atoms in total. The molecule has 14 heavy (non-hydrogen) atoms. The van der Waals surface area contributed by atoms with Crippen molar-refractivity contribution in [1.29, 1.82) is 0 Å². The Morgan fingerprint density at radius 2 is 2.21 bits per heavy atom. The molecule has 0 aromatic rings. The van der Waals surface area contributed by atoms with Gasteiger partial charge in [0.05, 0.1) is 12.7 Å². The maximum atomic E-state index is 9.71. The predicted octanol–water partition coefficient (Wildman–Crippen LogP) is 1.72. The molecule has 1 fully saturated rings. The Kier molecular flexibility index (Phi) is 2.44. The summed E-state index contributed by atoms with van der Waals surface area (Å²) in [7, 11) is 0. The van der Waals surface area contributed by atoms with E-state index in [-0.39, 0.29) is 18.1 Å². The third-order valence-electron chi connectivity index (χ3n) is 4.35. The van der Waals surface area contributed by atoms with Gasteiger partial charge in [0.15, 0.2) is 0 Å². The Balaban J connectivity index is 2.23. The highest BCUT2D eigenvalue weighted by molar-refractivity contribution is 5.22. The van der Waals surface area contributed by atoms with Gasteiger partial charge in [0.2, 0.25) is 0 Å². The minimum absolute atomic E-state index is 0.130. The quantitative estimate of drug-likeness (QED) is 0.627. The normalized spacial score (nSPS) is 47.4. The van der Waals surface area contributed by atoms with Crippen LogP contribution in [-0.2, 0) is 0 Å². The van der Waals surface area contributed by atoms with Gasteiger partial charge in [0.25, 0.3) is 0 Å². The van der Waals surface area contributed by atoms with Crippen LogP contribution in [0.4, 0.5) is 0 Å². The van der Waals surface area contributed by atoms with E-state index in [2.05, 4.69) is 19.9 Å². The van der Waals surface area contributed by atoms with E-state index < -0.39 is 0 Å². The summed E-state index contributed by atoms with van der Waals surface area (Å²) < 4.78 is 0. The molecule has 2 aliphatic carbocycles. The standard InChI is InChI=1S/C12H20O2/c1-8-3-11(14)5-10-4-9(7-13)6-12(8,10)2/h6,8,10-11,13-14H,3-5,7H2,1-2H3. The number of hydrogen-bond donors (Lipinski definition) is 2. The van der Waals surface area contributed by atoms with Crippen molar-refractivity contribution in [3.8, 4) is 0 Å². The molecule has 1 saturated carbocycles. The minimum Gasteiger partial charge on any atom is -0.393 e. The molecule has 0 spiro atoms. The van der Waals surface area contributed by atoms with Crippen LogP contribution in [0.2, 0.25) is 0 Å². The molecular weight excluding hydrogens is 176 g/mol. The summed E-state index contributed by atoms with van der Waals surface area (Å²) in [6, 6.07) is 0. The number of allylic oxidation sites excluding steroid dienone is 1. The van der Waals surface area contributed by atoms with E-state index in [1.807, 2.05) is 0 Å². The Labute approximate surface area is 85.6 Å². The van der Waals surface area contributed by atoms with E-state index >= 15 is 0 Å². The van der Waals surface area contributed by atoms with Crippen LogP contribution in [-0.4, -0.2) is 22.9 Å². The number of hydrogen-bond acceptors (Lipinski definition) is 2. The zero-order chi connectivity index (χ0) is 10.3. The van der Waals surface area contributed by atoms with Crippen molar-refractivity contribution in [2.45, 2.75) is 39.2 Å². The average molecular weight is 196 g/mol. The molecule has 4 unspecified atom stereocenters. The van der Waals surface area contributed by atoms with Crippen LogP contribution < -0.4 is 0 Å². The maximum absolute atomic E-state index is 9.71. The molecular formula is C12H20O2. The molecule has 4 atom stereocenters. The van der Waals surface area contributed by atoms with Gasteiger partial charge in [0.1, 0.15) is 0 Å². The molecule has 0 aliphatic heterocycles. The van der Waals surface area contributed by atoms with Crippen molar-refractivity contribution in [2.24, 2.45) is 17.3 Å². The van der Waals surface area contributed by atoms with Gasteiger partial charge in [-0.05, 0) is 42.1 Å². The molecule has 0 amide bonds. The Hall–Kier alpha value is -0.340. The third-order valence-corrected chi connectivity index (χ3v) is 4.35.